The van der Waals surface area contributed by atoms with Crippen molar-refractivity contribution in [3.63, 3.8) is 0 Å². The highest BCUT2D eigenvalue weighted by molar-refractivity contribution is 7.89. The molecule has 1 saturated heterocycles. The Hall–Kier alpha value is -2.10. The van der Waals surface area contributed by atoms with Gasteiger partial charge in [0, 0.05) is 38.1 Å². The van der Waals surface area contributed by atoms with Crippen molar-refractivity contribution in [2.75, 3.05) is 31.1 Å². The number of hydrogen-bond donors (Lipinski definition) is 1. The van der Waals surface area contributed by atoms with E-state index in [4.69, 9.17) is 21.8 Å². The summed E-state index contributed by atoms with van der Waals surface area (Å²) in [5.41, 5.74) is 5.97. The van der Waals surface area contributed by atoms with Crippen LogP contribution in [0.5, 0.6) is 0 Å². The van der Waals surface area contributed by atoms with Gasteiger partial charge in [0.15, 0.2) is 5.76 Å². The van der Waals surface area contributed by atoms with Gasteiger partial charge in [-0.1, -0.05) is 11.6 Å². The zero-order valence-corrected chi connectivity index (χ0v) is 14.1. The molecule has 24 heavy (non-hydrogen) atoms. The van der Waals surface area contributed by atoms with Crippen LogP contribution in [0.25, 0.3) is 0 Å². The van der Waals surface area contributed by atoms with Gasteiger partial charge in [-0.2, -0.15) is 4.31 Å². The predicted molar refractivity (Wildman–Crippen MR) is 87.4 cm³/mol. The third kappa shape index (κ3) is 3.23. The number of halogens is 1. The molecule has 0 radical (unpaired) electrons. The summed E-state index contributed by atoms with van der Waals surface area (Å²) in [6.07, 6.45) is 1.61. The smallest absolute Gasteiger partial charge is 0.284 e. The Labute approximate surface area is 143 Å². The van der Waals surface area contributed by atoms with Gasteiger partial charge in [-0.05, 0) is 24.3 Å². The monoisotopic (exact) mass is 370 g/mol. The van der Waals surface area contributed by atoms with Crippen molar-refractivity contribution in [2.45, 2.75) is 5.09 Å². The quantitative estimate of drug-likeness (QED) is 0.802. The van der Waals surface area contributed by atoms with Gasteiger partial charge < -0.3 is 15.1 Å². The van der Waals surface area contributed by atoms with Crippen molar-refractivity contribution >= 4 is 33.2 Å². The summed E-state index contributed by atoms with van der Waals surface area (Å²) in [5, 5.41) is 0.105. The molecule has 0 aromatic carbocycles. The molecule has 0 saturated carbocycles. The minimum Gasteiger partial charge on any atom is -0.438 e. The number of furan rings is 1. The second kappa shape index (κ2) is 6.42. The van der Waals surface area contributed by atoms with E-state index < -0.39 is 15.9 Å². The molecule has 128 valence electrons. The SMILES string of the molecule is NC(=O)c1ccc(S(=O)(=O)N2CCN(c3ccnc(Cl)c3)CC2)o1. The van der Waals surface area contributed by atoms with Crippen LogP contribution < -0.4 is 10.6 Å². The molecule has 2 N–H and O–H groups in total. The molecule has 10 heteroatoms. The van der Waals surface area contributed by atoms with E-state index in [1.165, 1.54) is 16.4 Å². The first kappa shape index (κ1) is 16.7. The molecule has 0 spiro atoms. The zero-order chi connectivity index (χ0) is 17.3. The maximum atomic E-state index is 12.6. The summed E-state index contributed by atoms with van der Waals surface area (Å²) in [7, 11) is -3.79. The molecule has 1 fully saturated rings. The summed E-state index contributed by atoms with van der Waals surface area (Å²) in [5.74, 6) is -0.991. The van der Waals surface area contributed by atoms with E-state index in [0.29, 0.717) is 18.2 Å². The van der Waals surface area contributed by atoms with E-state index in [1.54, 1.807) is 12.3 Å². The molecular weight excluding hydrogens is 356 g/mol. The highest BCUT2D eigenvalue weighted by Gasteiger charge is 2.31. The van der Waals surface area contributed by atoms with Gasteiger partial charge in [-0.25, -0.2) is 13.4 Å². The summed E-state index contributed by atoms with van der Waals surface area (Å²) in [6, 6.07) is 6.05. The number of sulfonamides is 1. The Bertz CT molecular complexity index is 859. The van der Waals surface area contributed by atoms with Crippen LogP contribution in [0.15, 0.2) is 40.0 Å². The summed E-state index contributed by atoms with van der Waals surface area (Å²) >= 11 is 5.88. The average Bonchev–Trinajstić information content (AvgIpc) is 3.06. The second-order valence-corrected chi connectivity index (χ2v) is 7.47. The first-order valence-corrected chi connectivity index (χ1v) is 8.96. The number of pyridine rings is 1. The van der Waals surface area contributed by atoms with Crippen LogP contribution in [0.4, 0.5) is 5.69 Å². The average molecular weight is 371 g/mol. The summed E-state index contributed by atoms with van der Waals surface area (Å²) < 4.78 is 31.5. The number of carbonyl (C=O) groups excluding carboxylic acids is 1. The Balaban J connectivity index is 1.72. The number of nitrogens with zero attached hydrogens (tertiary/aromatic N) is 3. The van der Waals surface area contributed by atoms with Gasteiger partial charge in [-0.3, -0.25) is 4.79 Å². The van der Waals surface area contributed by atoms with Crippen LogP contribution in [0.1, 0.15) is 10.6 Å². The first-order chi connectivity index (χ1) is 11.4. The molecule has 2 aromatic rings. The number of nitrogens with two attached hydrogens (primary N) is 1. The molecule has 0 unspecified atom stereocenters. The number of amides is 1. The van der Waals surface area contributed by atoms with Crippen LogP contribution in [-0.2, 0) is 10.0 Å². The molecule has 0 atom stereocenters. The molecule has 3 heterocycles. The lowest BCUT2D eigenvalue weighted by Crippen LogP contribution is -2.48. The van der Waals surface area contributed by atoms with Crippen LogP contribution in [0.2, 0.25) is 5.15 Å². The number of hydrogen-bond acceptors (Lipinski definition) is 6. The van der Waals surface area contributed by atoms with Crippen LogP contribution in [0.3, 0.4) is 0 Å². The maximum absolute atomic E-state index is 12.6. The van der Waals surface area contributed by atoms with Crippen molar-refractivity contribution in [3.05, 3.63) is 41.4 Å². The third-order valence-corrected chi connectivity index (χ3v) is 5.71. The normalized spacial score (nSPS) is 16.3. The molecule has 0 bridgehead atoms. The highest BCUT2D eigenvalue weighted by Crippen LogP contribution is 2.23. The van der Waals surface area contributed by atoms with E-state index in [2.05, 4.69) is 4.98 Å². The fourth-order valence-electron chi connectivity index (χ4n) is 2.49. The summed E-state index contributed by atoms with van der Waals surface area (Å²) in [6.45, 7) is 1.58. The molecule has 3 rings (SSSR count). The molecule has 1 aliphatic heterocycles. The van der Waals surface area contributed by atoms with Gasteiger partial charge >= 0.3 is 0 Å². The number of anilines is 1. The zero-order valence-electron chi connectivity index (χ0n) is 12.6. The van der Waals surface area contributed by atoms with E-state index in [-0.39, 0.29) is 23.9 Å². The minimum atomic E-state index is -3.79. The number of rotatable bonds is 4. The van der Waals surface area contributed by atoms with Gasteiger partial charge in [-0.15, -0.1) is 0 Å². The summed E-state index contributed by atoms with van der Waals surface area (Å²) in [4.78, 5) is 17.0. The third-order valence-electron chi connectivity index (χ3n) is 3.73. The Morgan fingerprint density at radius 3 is 2.50 bits per heavy atom. The first-order valence-electron chi connectivity index (χ1n) is 7.14. The fourth-order valence-corrected chi connectivity index (χ4v) is 4.00. The minimum absolute atomic E-state index is 0.182. The Morgan fingerprint density at radius 1 is 1.21 bits per heavy atom. The maximum Gasteiger partial charge on any atom is 0.284 e. The lowest BCUT2D eigenvalue weighted by Gasteiger charge is -2.34. The number of carbonyl (C=O) groups is 1. The topological polar surface area (TPSA) is 110 Å². The molecular formula is C14H15ClN4O4S. The van der Waals surface area contributed by atoms with Crippen molar-refractivity contribution in [1.82, 2.24) is 9.29 Å². The van der Waals surface area contributed by atoms with Crippen LogP contribution >= 0.6 is 11.6 Å². The number of aromatic nitrogens is 1. The predicted octanol–water partition coefficient (Wildman–Crippen LogP) is 0.938. The van der Waals surface area contributed by atoms with E-state index in [1.807, 2.05) is 11.0 Å². The van der Waals surface area contributed by atoms with Crippen LogP contribution in [0, 0.1) is 0 Å². The van der Waals surface area contributed by atoms with E-state index in [9.17, 15) is 13.2 Å². The van der Waals surface area contributed by atoms with Crippen LogP contribution in [-0.4, -0.2) is 49.8 Å². The highest BCUT2D eigenvalue weighted by atomic mass is 35.5. The second-order valence-electron chi connectivity index (χ2n) is 5.21. The van der Waals surface area contributed by atoms with E-state index >= 15 is 0 Å². The molecule has 8 nitrogen and oxygen atoms in total. The van der Waals surface area contributed by atoms with Gasteiger partial charge in [0.2, 0.25) is 5.09 Å². The molecule has 1 aliphatic rings. The molecule has 2 aromatic heterocycles. The Kier molecular flexibility index (Phi) is 4.48. The lowest BCUT2D eigenvalue weighted by atomic mass is 10.3. The van der Waals surface area contributed by atoms with Gasteiger partial charge in [0.25, 0.3) is 15.9 Å². The Morgan fingerprint density at radius 2 is 1.92 bits per heavy atom. The standard InChI is InChI=1S/C14H15ClN4O4S/c15-12-9-10(3-4-17-12)18-5-7-19(8-6-18)24(21,22)13-2-1-11(23-13)14(16)20/h1-4,9H,5-8H2,(H2,16,20). The van der Waals surface area contributed by atoms with Crippen molar-refractivity contribution in [2.24, 2.45) is 5.73 Å². The fraction of sp³-hybridized carbons (Fsp3) is 0.286. The lowest BCUT2D eigenvalue weighted by molar-refractivity contribution is 0.0968. The molecule has 0 aliphatic carbocycles. The van der Waals surface area contributed by atoms with Gasteiger partial charge in [0.05, 0.1) is 0 Å². The molecule has 1 amide bonds. The van der Waals surface area contributed by atoms with Crippen molar-refractivity contribution < 1.29 is 17.6 Å². The van der Waals surface area contributed by atoms with E-state index in [0.717, 1.165) is 5.69 Å². The van der Waals surface area contributed by atoms with Crippen molar-refractivity contribution in [1.29, 1.82) is 0 Å². The number of piperazine rings is 1. The van der Waals surface area contributed by atoms with Gasteiger partial charge in [0.1, 0.15) is 5.15 Å². The van der Waals surface area contributed by atoms with Crippen molar-refractivity contribution in [3.8, 4) is 0 Å². The largest absolute Gasteiger partial charge is 0.438 e. The number of primary amides is 1.